The van der Waals surface area contributed by atoms with E-state index in [9.17, 15) is 9.59 Å². The van der Waals surface area contributed by atoms with E-state index in [2.05, 4.69) is 20.9 Å². The second-order valence-electron chi connectivity index (χ2n) is 6.64. The van der Waals surface area contributed by atoms with Gasteiger partial charge in [0, 0.05) is 45.2 Å². The third-order valence-electron chi connectivity index (χ3n) is 4.66. The summed E-state index contributed by atoms with van der Waals surface area (Å²) in [5.41, 5.74) is 0. The fraction of sp³-hybridized carbons (Fsp3) is 0.882. The quantitative estimate of drug-likeness (QED) is 0.572. The van der Waals surface area contributed by atoms with Crippen molar-refractivity contribution in [2.45, 2.75) is 51.0 Å². The van der Waals surface area contributed by atoms with Gasteiger partial charge in [-0.05, 0) is 19.3 Å². The summed E-state index contributed by atoms with van der Waals surface area (Å²) in [7, 11) is 0. The van der Waals surface area contributed by atoms with E-state index in [-0.39, 0.29) is 11.9 Å². The minimum absolute atomic E-state index is 0.0535. The van der Waals surface area contributed by atoms with Crippen LogP contribution in [0.2, 0.25) is 0 Å². The normalized spacial score (nSPS) is 19.7. The van der Waals surface area contributed by atoms with Gasteiger partial charge in [-0.2, -0.15) is 0 Å². The molecule has 0 aromatic rings. The van der Waals surface area contributed by atoms with Crippen molar-refractivity contribution in [1.82, 2.24) is 20.9 Å². The van der Waals surface area contributed by atoms with Gasteiger partial charge in [0.05, 0.1) is 13.2 Å². The topological polar surface area (TPSA) is 82.7 Å². The van der Waals surface area contributed by atoms with Gasteiger partial charge in [-0.3, -0.25) is 9.69 Å². The first-order valence-corrected chi connectivity index (χ1v) is 9.35. The van der Waals surface area contributed by atoms with Crippen molar-refractivity contribution >= 4 is 11.9 Å². The number of nitrogens with zero attached hydrogens (tertiary/aromatic N) is 1. The fourth-order valence-corrected chi connectivity index (χ4v) is 3.20. The van der Waals surface area contributed by atoms with Crippen LogP contribution in [-0.4, -0.2) is 68.8 Å². The molecule has 7 nitrogen and oxygen atoms in total. The maximum absolute atomic E-state index is 11.8. The van der Waals surface area contributed by atoms with Gasteiger partial charge in [0.15, 0.2) is 0 Å². The third-order valence-corrected chi connectivity index (χ3v) is 4.66. The van der Waals surface area contributed by atoms with Crippen LogP contribution in [0.1, 0.15) is 44.9 Å². The molecule has 1 aliphatic heterocycles. The first kappa shape index (κ1) is 19.0. The number of ether oxygens (including phenoxy) is 1. The van der Waals surface area contributed by atoms with Gasteiger partial charge in [0.25, 0.3) is 0 Å². The van der Waals surface area contributed by atoms with Gasteiger partial charge in [-0.1, -0.05) is 19.3 Å². The molecule has 7 heteroatoms. The van der Waals surface area contributed by atoms with Gasteiger partial charge in [0.2, 0.25) is 5.91 Å². The summed E-state index contributed by atoms with van der Waals surface area (Å²) in [4.78, 5) is 25.8. The van der Waals surface area contributed by atoms with Gasteiger partial charge in [-0.25, -0.2) is 4.79 Å². The van der Waals surface area contributed by atoms with Crippen LogP contribution in [0.3, 0.4) is 0 Å². The van der Waals surface area contributed by atoms with E-state index in [4.69, 9.17) is 4.74 Å². The number of amides is 3. The molecule has 138 valence electrons. The second kappa shape index (κ2) is 11.3. The van der Waals surface area contributed by atoms with Crippen molar-refractivity contribution in [2.24, 2.45) is 0 Å². The summed E-state index contributed by atoms with van der Waals surface area (Å²) < 4.78 is 5.29. The van der Waals surface area contributed by atoms with E-state index in [0.29, 0.717) is 32.0 Å². The number of nitrogens with one attached hydrogen (secondary N) is 3. The summed E-state index contributed by atoms with van der Waals surface area (Å²) in [6, 6.07) is 0.219. The Morgan fingerprint density at radius 2 is 1.75 bits per heavy atom. The first-order valence-electron chi connectivity index (χ1n) is 9.35. The number of carbonyl (C=O) groups is 2. The molecule has 0 bridgehead atoms. The summed E-state index contributed by atoms with van der Waals surface area (Å²) in [5, 5.41) is 8.79. The van der Waals surface area contributed by atoms with E-state index >= 15 is 0 Å². The molecule has 1 aliphatic carbocycles. The molecule has 2 aliphatic rings. The van der Waals surface area contributed by atoms with E-state index in [1.54, 1.807) is 0 Å². The maximum Gasteiger partial charge on any atom is 0.315 e. The second-order valence-corrected chi connectivity index (χ2v) is 6.64. The SMILES string of the molecule is O=C(CCCNC(=O)NC1CCCCC1)NCCN1CCOCC1. The third kappa shape index (κ3) is 7.97. The van der Waals surface area contributed by atoms with Gasteiger partial charge < -0.3 is 20.7 Å². The van der Waals surface area contributed by atoms with Crippen molar-refractivity contribution in [3.63, 3.8) is 0 Å². The van der Waals surface area contributed by atoms with Crippen LogP contribution in [-0.2, 0) is 9.53 Å². The Labute approximate surface area is 144 Å². The Morgan fingerprint density at radius 1 is 1.00 bits per heavy atom. The van der Waals surface area contributed by atoms with Crippen molar-refractivity contribution in [1.29, 1.82) is 0 Å². The number of hydrogen-bond acceptors (Lipinski definition) is 4. The van der Waals surface area contributed by atoms with Crippen molar-refractivity contribution in [3.8, 4) is 0 Å². The van der Waals surface area contributed by atoms with Crippen LogP contribution in [0.4, 0.5) is 4.79 Å². The number of urea groups is 1. The zero-order chi connectivity index (χ0) is 17.0. The lowest BCUT2D eigenvalue weighted by Gasteiger charge is -2.26. The Hall–Kier alpha value is -1.34. The summed E-state index contributed by atoms with van der Waals surface area (Å²) >= 11 is 0. The highest BCUT2D eigenvalue weighted by Crippen LogP contribution is 2.17. The highest BCUT2D eigenvalue weighted by atomic mass is 16.5. The highest BCUT2D eigenvalue weighted by Gasteiger charge is 2.15. The molecular weight excluding hydrogens is 308 g/mol. The largest absolute Gasteiger partial charge is 0.379 e. The van der Waals surface area contributed by atoms with Crippen molar-refractivity contribution < 1.29 is 14.3 Å². The van der Waals surface area contributed by atoms with Crippen LogP contribution >= 0.6 is 0 Å². The average molecular weight is 340 g/mol. The first-order chi connectivity index (χ1) is 11.7. The smallest absolute Gasteiger partial charge is 0.315 e. The molecule has 0 aromatic heterocycles. The monoisotopic (exact) mass is 340 g/mol. The predicted octanol–water partition coefficient (Wildman–Crippen LogP) is 0.847. The lowest BCUT2D eigenvalue weighted by molar-refractivity contribution is -0.121. The predicted molar refractivity (Wildman–Crippen MR) is 92.9 cm³/mol. The van der Waals surface area contributed by atoms with Crippen LogP contribution in [0, 0.1) is 0 Å². The molecular formula is C17H32N4O3. The fourth-order valence-electron chi connectivity index (χ4n) is 3.20. The van der Waals surface area contributed by atoms with Crippen LogP contribution in [0.15, 0.2) is 0 Å². The van der Waals surface area contributed by atoms with Crippen molar-refractivity contribution in [2.75, 3.05) is 45.9 Å². The molecule has 3 amide bonds. The minimum Gasteiger partial charge on any atom is -0.379 e. The molecule has 0 radical (unpaired) electrons. The van der Waals surface area contributed by atoms with Crippen LogP contribution < -0.4 is 16.0 Å². The highest BCUT2D eigenvalue weighted by molar-refractivity contribution is 5.76. The Balaban J connectivity index is 1.43. The van der Waals surface area contributed by atoms with Crippen LogP contribution in [0.5, 0.6) is 0 Å². The molecule has 1 heterocycles. The molecule has 0 atom stereocenters. The van der Waals surface area contributed by atoms with E-state index in [1.807, 2.05) is 0 Å². The molecule has 1 saturated heterocycles. The number of hydrogen-bond donors (Lipinski definition) is 3. The molecule has 2 fully saturated rings. The molecule has 0 spiro atoms. The van der Waals surface area contributed by atoms with Gasteiger partial charge in [-0.15, -0.1) is 0 Å². The molecule has 0 aromatic carbocycles. The van der Waals surface area contributed by atoms with Gasteiger partial charge in [0.1, 0.15) is 0 Å². The van der Waals surface area contributed by atoms with E-state index in [0.717, 1.165) is 45.7 Å². The number of carbonyl (C=O) groups excluding carboxylic acids is 2. The Kier molecular flexibility index (Phi) is 8.91. The maximum atomic E-state index is 11.8. The zero-order valence-corrected chi connectivity index (χ0v) is 14.6. The molecule has 3 N–H and O–H groups in total. The number of morpholine rings is 1. The Bertz CT molecular complexity index is 380. The molecule has 1 saturated carbocycles. The molecule has 2 rings (SSSR count). The van der Waals surface area contributed by atoms with Gasteiger partial charge >= 0.3 is 6.03 Å². The standard InChI is InChI=1S/C17H32N4O3/c22-16(18-9-10-21-11-13-24-14-12-21)7-4-8-19-17(23)20-15-5-2-1-3-6-15/h15H,1-14H2,(H,18,22)(H2,19,20,23). The molecule has 0 unspecified atom stereocenters. The van der Waals surface area contributed by atoms with E-state index < -0.39 is 0 Å². The van der Waals surface area contributed by atoms with E-state index in [1.165, 1.54) is 19.3 Å². The lowest BCUT2D eigenvalue weighted by atomic mass is 9.96. The Morgan fingerprint density at radius 3 is 2.50 bits per heavy atom. The zero-order valence-electron chi connectivity index (χ0n) is 14.6. The van der Waals surface area contributed by atoms with Crippen molar-refractivity contribution in [3.05, 3.63) is 0 Å². The summed E-state index contributed by atoms with van der Waals surface area (Å²) in [6.07, 6.45) is 6.97. The summed E-state index contributed by atoms with van der Waals surface area (Å²) in [6.45, 7) is 5.53. The molecule has 24 heavy (non-hydrogen) atoms. The van der Waals surface area contributed by atoms with Crippen LogP contribution in [0.25, 0.3) is 0 Å². The average Bonchev–Trinajstić information content (AvgIpc) is 2.60. The lowest BCUT2D eigenvalue weighted by Crippen LogP contribution is -2.43. The number of rotatable bonds is 8. The minimum atomic E-state index is -0.102. The summed E-state index contributed by atoms with van der Waals surface area (Å²) in [5.74, 6) is 0.0535.